The van der Waals surface area contributed by atoms with Gasteiger partial charge in [-0.1, -0.05) is 62.4 Å². The standard InChI is InChI=1S/C16H20N4OS/c1-11-7-6-8-12(9-11)10-17-20-14(21)13(16(2,3)4)18-19-15(20)22-5/h6-10H,1-5H3/b17-10+. The number of thioether (sulfide) groups is 1. The van der Waals surface area contributed by atoms with Gasteiger partial charge in [-0.2, -0.15) is 9.78 Å². The molecule has 2 rings (SSSR count). The van der Waals surface area contributed by atoms with Crippen molar-refractivity contribution in [1.29, 1.82) is 0 Å². The molecule has 0 fully saturated rings. The van der Waals surface area contributed by atoms with Gasteiger partial charge in [0.1, 0.15) is 5.69 Å². The van der Waals surface area contributed by atoms with Crippen LogP contribution < -0.4 is 5.56 Å². The van der Waals surface area contributed by atoms with Crippen molar-refractivity contribution < 1.29 is 0 Å². The Labute approximate surface area is 134 Å². The summed E-state index contributed by atoms with van der Waals surface area (Å²) < 4.78 is 1.32. The summed E-state index contributed by atoms with van der Waals surface area (Å²) >= 11 is 1.34. The van der Waals surface area contributed by atoms with E-state index in [9.17, 15) is 4.79 Å². The Bertz CT molecular complexity index is 759. The van der Waals surface area contributed by atoms with Crippen LogP contribution in [-0.4, -0.2) is 27.3 Å². The van der Waals surface area contributed by atoms with E-state index in [0.29, 0.717) is 10.9 Å². The van der Waals surface area contributed by atoms with Crippen molar-refractivity contribution in [3.05, 3.63) is 51.4 Å². The second-order valence-corrected chi connectivity index (χ2v) is 6.83. The molecule has 22 heavy (non-hydrogen) atoms. The molecule has 1 aromatic carbocycles. The van der Waals surface area contributed by atoms with Crippen molar-refractivity contribution in [2.24, 2.45) is 5.10 Å². The van der Waals surface area contributed by atoms with Crippen molar-refractivity contribution in [3.8, 4) is 0 Å². The van der Waals surface area contributed by atoms with Gasteiger partial charge in [0.15, 0.2) is 0 Å². The third-order valence-corrected chi connectivity index (χ3v) is 3.69. The van der Waals surface area contributed by atoms with Gasteiger partial charge in [-0.25, -0.2) is 0 Å². The zero-order valence-electron chi connectivity index (χ0n) is 13.5. The van der Waals surface area contributed by atoms with E-state index >= 15 is 0 Å². The molecule has 0 aliphatic carbocycles. The summed E-state index contributed by atoms with van der Waals surface area (Å²) in [5.74, 6) is 0. The predicted octanol–water partition coefficient (Wildman–Crippen LogP) is 2.85. The van der Waals surface area contributed by atoms with Crippen LogP contribution in [0.5, 0.6) is 0 Å². The molecule has 0 radical (unpaired) electrons. The molecule has 0 saturated carbocycles. The lowest BCUT2D eigenvalue weighted by atomic mass is 9.93. The van der Waals surface area contributed by atoms with Crippen molar-refractivity contribution in [1.82, 2.24) is 14.9 Å². The van der Waals surface area contributed by atoms with Gasteiger partial charge in [0.2, 0.25) is 5.16 Å². The number of hydrogen-bond acceptors (Lipinski definition) is 5. The third kappa shape index (κ3) is 3.62. The van der Waals surface area contributed by atoms with Crippen LogP contribution in [0.3, 0.4) is 0 Å². The van der Waals surface area contributed by atoms with Gasteiger partial charge in [0.25, 0.3) is 5.56 Å². The first-order valence-electron chi connectivity index (χ1n) is 6.98. The summed E-state index contributed by atoms with van der Waals surface area (Å²) in [6.07, 6.45) is 3.52. The fourth-order valence-corrected chi connectivity index (χ4v) is 2.37. The molecule has 5 nitrogen and oxygen atoms in total. The molecule has 6 heteroatoms. The van der Waals surface area contributed by atoms with Gasteiger partial charge in [-0.05, 0) is 18.7 Å². The largest absolute Gasteiger partial charge is 0.297 e. The van der Waals surface area contributed by atoms with Crippen LogP contribution in [0, 0.1) is 6.92 Å². The summed E-state index contributed by atoms with van der Waals surface area (Å²) in [4.78, 5) is 12.6. The maximum atomic E-state index is 12.6. The highest BCUT2D eigenvalue weighted by Crippen LogP contribution is 2.17. The average Bonchev–Trinajstić information content (AvgIpc) is 2.44. The normalized spacial score (nSPS) is 12.0. The Morgan fingerprint density at radius 3 is 2.59 bits per heavy atom. The smallest absolute Gasteiger partial charge is 0.265 e. The molecule has 1 aromatic heterocycles. The minimum atomic E-state index is -0.373. The van der Waals surface area contributed by atoms with Crippen molar-refractivity contribution in [2.75, 3.05) is 6.26 Å². The number of aryl methyl sites for hydroxylation is 1. The molecule has 1 heterocycles. The molecule has 0 atom stereocenters. The van der Waals surface area contributed by atoms with E-state index in [4.69, 9.17) is 0 Å². The minimum Gasteiger partial charge on any atom is -0.265 e. The van der Waals surface area contributed by atoms with Gasteiger partial charge >= 0.3 is 0 Å². The Hall–Kier alpha value is -1.95. The summed E-state index contributed by atoms with van der Waals surface area (Å²) in [5, 5.41) is 13.0. The number of benzene rings is 1. The van der Waals surface area contributed by atoms with Crippen LogP contribution >= 0.6 is 11.8 Å². The lowest BCUT2D eigenvalue weighted by Gasteiger charge is -2.16. The second-order valence-electron chi connectivity index (χ2n) is 6.06. The zero-order valence-corrected chi connectivity index (χ0v) is 14.3. The average molecular weight is 316 g/mol. The van der Waals surface area contributed by atoms with Crippen molar-refractivity contribution >= 4 is 18.0 Å². The van der Waals surface area contributed by atoms with E-state index in [2.05, 4.69) is 15.3 Å². The Morgan fingerprint density at radius 1 is 1.27 bits per heavy atom. The molecule has 116 valence electrons. The molecule has 0 saturated heterocycles. The van der Waals surface area contributed by atoms with Crippen LogP contribution in [0.4, 0.5) is 0 Å². The monoisotopic (exact) mass is 316 g/mol. The van der Waals surface area contributed by atoms with E-state index in [0.717, 1.165) is 11.1 Å². The quantitative estimate of drug-likeness (QED) is 0.645. The highest BCUT2D eigenvalue weighted by Gasteiger charge is 2.23. The number of nitrogens with zero attached hydrogens (tertiary/aromatic N) is 4. The number of hydrogen-bond donors (Lipinski definition) is 0. The van der Waals surface area contributed by atoms with Gasteiger partial charge in [0, 0.05) is 5.41 Å². The summed E-state index contributed by atoms with van der Waals surface area (Å²) in [6, 6.07) is 7.93. The molecule has 0 spiro atoms. The van der Waals surface area contributed by atoms with Gasteiger partial charge in [-0.3, -0.25) is 4.79 Å². The highest BCUT2D eigenvalue weighted by atomic mass is 32.2. The first-order chi connectivity index (χ1) is 10.3. The van der Waals surface area contributed by atoms with Crippen LogP contribution in [-0.2, 0) is 5.41 Å². The topological polar surface area (TPSA) is 60.1 Å². The Balaban J connectivity index is 2.52. The molecule has 0 bridgehead atoms. The first kappa shape index (κ1) is 16.4. The molecular weight excluding hydrogens is 296 g/mol. The van der Waals surface area contributed by atoms with E-state index in [1.807, 2.05) is 58.2 Å². The third-order valence-electron chi connectivity index (χ3n) is 3.07. The van der Waals surface area contributed by atoms with Gasteiger partial charge in [0.05, 0.1) is 6.21 Å². The molecule has 0 amide bonds. The van der Waals surface area contributed by atoms with Crippen LogP contribution in [0.25, 0.3) is 0 Å². The minimum absolute atomic E-state index is 0.226. The lowest BCUT2D eigenvalue weighted by molar-refractivity contribution is 0.510. The molecule has 0 aliphatic heterocycles. The van der Waals surface area contributed by atoms with Gasteiger partial charge < -0.3 is 0 Å². The van der Waals surface area contributed by atoms with Crippen LogP contribution in [0.15, 0.2) is 39.3 Å². The van der Waals surface area contributed by atoms with E-state index in [-0.39, 0.29) is 11.0 Å². The Morgan fingerprint density at radius 2 is 2.00 bits per heavy atom. The maximum absolute atomic E-state index is 12.6. The molecule has 0 N–H and O–H groups in total. The SMILES string of the molecule is CSc1nnc(C(C)(C)C)c(=O)n1/N=C/c1cccc(C)c1. The maximum Gasteiger partial charge on any atom is 0.297 e. The van der Waals surface area contributed by atoms with E-state index < -0.39 is 0 Å². The molecular formula is C16H20N4OS. The van der Waals surface area contributed by atoms with Gasteiger partial charge in [-0.15, -0.1) is 10.2 Å². The van der Waals surface area contributed by atoms with Crippen molar-refractivity contribution in [3.63, 3.8) is 0 Å². The molecule has 2 aromatic rings. The number of rotatable bonds is 3. The number of aromatic nitrogens is 3. The molecule has 0 unspecified atom stereocenters. The predicted molar refractivity (Wildman–Crippen MR) is 90.9 cm³/mol. The second kappa shape index (κ2) is 6.44. The fraction of sp³-hybridized carbons (Fsp3) is 0.375. The summed E-state index contributed by atoms with van der Waals surface area (Å²) in [5.41, 5.74) is 1.89. The molecule has 0 aliphatic rings. The zero-order chi connectivity index (χ0) is 16.3. The first-order valence-corrected chi connectivity index (χ1v) is 8.20. The van der Waals surface area contributed by atoms with E-state index in [1.54, 1.807) is 6.21 Å². The van der Waals surface area contributed by atoms with Crippen molar-refractivity contribution in [2.45, 2.75) is 38.3 Å². The lowest BCUT2D eigenvalue weighted by Crippen LogP contribution is -2.32. The summed E-state index contributed by atoms with van der Waals surface area (Å²) in [7, 11) is 0. The highest BCUT2D eigenvalue weighted by molar-refractivity contribution is 7.98. The fourth-order valence-electron chi connectivity index (χ4n) is 1.94. The van der Waals surface area contributed by atoms with E-state index in [1.165, 1.54) is 16.4 Å². The van der Waals surface area contributed by atoms with Crippen LogP contribution in [0.1, 0.15) is 37.6 Å². The summed E-state index contributed by atoms with van der Waals surface area (Å²) in [6.45, 7) is 7.83. The Kier molecular flexibility index (Phi) is 4.81. The van der Waals surface area contributed by atoms with Crippen LogP contribution in [0.2, 0.25) is 0 Å².